The third-order valence-electron chi connectivity index (χ3n) is 6.55. The molecule has 0 radical (unpaired) electrons. The van der Waals surface area contributed by atoms with Crippen LogP contribution in [0.25, 0.3) is 32.8 Å². The summed E-state index contributed by atoms with van der Waals surface area (Å²) in [7, 11) is 0. The SMILES string of the molecule is CCOC(=O)C1=C(C)Nc2c(c3nc4ccccc4nc3c3ccccc23)C1c1ccccc1Cl. The van der Waals surface area contributed by atoms with E-state index in [2.05, 4.69) is 17.4 Å². The van der Waals surface area contributed by atoms with Crippen molar-refractivity contribution in [3.05, 3.63) is 100 Å². The van der Waals surface area contributed by atoms with Gasteiger partial charge in [-0.3, -0.25) is 0 Å². The molecule has 0 fully saturated rings. The van der Waals surface area contributed by atoms with Crippen LogP contribution in [0.2, 0.25) is 5.02 Å². The predicted octanol–water partition coefficient (Wildman–Crippen LogP) is 6.98. The summed E-state index contributed by atoms with van der Waals surface area (Å²) in [6, 6.07) is 23.6. The van der Waals surface area contributed by atoms with Crippen molar-refractivity contribution in [1.82, 2.24) is 9.97 Å². The summed E-state index contributed by atoms with van der Waals surface area (Å²) in [4.78, 5) is 23.5. The summed E-state index contributed by atoms with van der Waals surface area (Å²) >= 11 is 6.75. The average Bonchev–Trinajstić information content (AvgIpc) is 2.87. The van der Waals surface area contributed by atoms with Crippen molar-refractivity contribution in [3.8, 4) is 0 Å². The lowest BCUT2D eigenvalue weighted by Gasteiger charge is -2.32. The number of para-hydroxylation sites is 2. The minimum absolute atomic E-state index is 0.278. The molecule has 35 heavy (non-hydrogen) atoms. The van der Waals surface area contributed by atoms with Gasteiger partial charge in [0.25, 0.3) is 0 Å². The number of nitrogens with one attached hydrogen (secondary N) is 1. The molecule has 0 saturated carbocycles. The summed E-state index contributed by atoms with van der Waals surface area (Å²) in [5.41, 5.74) is 7.01. The molecule has 172 valence electrons. The lowest BCUT2D eigenvalue weighted by molar-refractivity contribution is -0.138. The molecule has 6 rings (SSSR count). The zero-order valence-corrected chi connectivity index (χ0v) is 20.1. The van der Waals surface area contributed by atoms with E-state index >= 15 is 0 Å². The van der Waals surface area contributed by atoms with Gasteiger partial charge in [0.2, 0.25) is 0 Å². The van der Waals surface area contributed by atoms with Gasteiger partial charge < -0.3 is 10.1 Å². The number of anilines is 1. The molecule has 1 aliphatic rings. The Balaban J connectivity index is 1.80. The van der Waals surface area contributed by atoms with E-state index in [0.29, 0.717) is 10.6 Å². The first-order valence-electron chi connectivity index (χ1n) is 11.6. The molecule has 6 heteroatoms. The number of carbonyl (C=O) groups is 1. The summed E-state index contributed by atoms with van der Waals surface area (Å²) in [5, 5.41) is 6.11. The smallest absolute Gasteiger partial charge is 0.336 e. The molecule has 0 spiro atoms. The second kappa shape index (κ2) is 8.36. The van der Waals surface area contributed by atoms with E-state index < -0.39 is 5.92 Å². The lowest BCUT2D eigenvalue weighted by atomic mass is 9.78. The number of allylic oxidation sites excluding steroid dienone is 1. The highest BCUT2D eigenvalue weighted by atomic mass is 35.5. The fourth-order valence-electron chi connectivity index (χ4n) is 5.08. The van der Waals surface area contributed by atoms with Crippen LogP contribution in [0.4, 0.5) is 5.69 Å². The number of fused-ring (bicyclic) bond motifs is 7. The summed E-state index contributed by atoms with van der Waals surface area (Å²) in [5.74, 6) is -0.843. The normalized spacial score (nSPS) is 15.3. The van der Waals surface area contributed by atoms with Gasteiger partial charge in [0.1, 0.15) is 0 Å². The number of ether oxygens (including phenoxy) is 1. The standard InChI is InChI=1S/C29H22ClN3O2/c1-3-35-29(34)23-16(2)31-26-17-10-4-5-11-18(17)27-28(33-22-15-9-8-14-21(22)32-27)25(26)24(23)19-12-6-7-13-20(19)30/h4-15,24,31H,3H2,1-2H3. The van der Waals surface area contributed by atoms with E-state index in [1.54, 1.807) is 0 Å². The quantitative estimate of drug-likeness (QED) is 0.172. The van der Waals surface area contributed by atoms with Crippen LogP contribution in [-0.2, 0) is 9.53 Å². The maximum Gasteiger partial charge on any atom is 0.336 e. The first-order valence-corrected chi connectivity index (χ1v) is 12.0. The number of hydrogen-bond acceptors (Lipinski definition) is 5. The summed E-state index contributed by atoms with van der Waals surface area (Å²) in [6.07, 6.45) is 0. The van der Waals surface area contributed by atoms with Crippen molar-refractivity contribution < 1.29 is 9.53 Å². The molecule has 4 aromatic carbocycles. The fraction of sp³-hybridized carbons (Fsp3) is 0.138. The van der Waals surface area contributed by atoms with Gasteiger partial charge in [-0.2, -0.15) is 0 Å². The second-order valence-corrected chi connectivity index (χ2v) is 8.99. The Hall–Kier alpha value is -3.96. The monoisotopic (exact) mass is 479 g/mol. The Labute approximate surface area is 207 Å². The van der Waals surface area contributed by atoms with Gasteiger partial charge in [0.15, 0.2) is 0 Å². The molecule has 0 amide bonds. The Morgan fingerprint density at radius 2 is 1.54 bits per heavy atom. The highest BCUT2D eigenvalue weighted by Gasteiger charge is 2.37. The molecule has 1 aromatic heterocycles. The van der Waals surface area contributed by atoms with E-state index in [0.717, 1.165) is 55.4 Å². The minimum atomic E-state index is -0.471. The molecule has 0 saturated heterocycles. The van der Waals surface area contributed by atoms with Crippen LogP contribution in [0.5, 0.6) is 0 Å². The van der Waals surface area contributed by atoms with Crippen molar-refractivity contribution in [2.75, 3.05) is 11.9 Å². The van der Waals surface area contributed by atoms with Gasteiger partial charge in [0.05, 0.1) is 39.9 Å². The van der Waals surface area contributed by atoms with Crippen molar-refractivity contribution in [1.29, 1.82) is 0 Å². The summed E-state index contributed by atoms with van der Waals surface area (Å²) in [6.45, 7) is 3.99. The van der Waals surface area contributed by atoms with Crippen LogP contribution >= 0.6 is 11.6 Å². The highest BCUT2D eigenvalue weighted by molar-refractivity contribution is 6.31. The third-order valence-corrected chi connectivity index (χ3v) is 6.90. The first-order chi connectivity index (χ1) is 17.1. The van der Waals surface area contributed by atoms with Gasteiger partial charge in [-0.15, -0.1) is 0 Å². The van der Waals surface area contributed by atoms with Gasteiger partial charge in [-0.25, -0.2) is 14.8 Å². The molecule has 2 heterocycles. The maximum absolute atomic E-state index is 13.3. The molecule has 5 aromatic rings. The maximum atomic E-state index is 13.3. The van der Waals surface area contributed by atoms with E-state index in [1.165, 1.54) is 0 Å². The molecule has 1 unspecified atom stereocenters. The lowest BCUT2D eigenvalue weighted by Crippen LogP contribution is -2.25. The van der Waals surface area contributed by atoms with Crippen LogP contribution in [0.3, 0.4) is 0 Å². The Kier molecular flexibility index (Phi) is 5.15. The molecule has 1 aliphatic heterocycles. The number of esters is 1. The number of carbonyl (C=O) groups excluding carboxylic acids is 1. The molecule has 0 aliphatic carbocycles. The van der Waals surface area contributed by atoms with E-state index in [1.807, 2.05) is 74.5 Å². The van der Waals surface area contributed by atoms with Crippen molar-refractivity contribution in [3.63, 3.8) is 0 Å². The van der Waals surface area contributed by atoms with Crippen LogP contribution in [0, 0.1) is 0 Å². The zero-order valence-electron chi connectivity index (χ0n) is 19.3. The molecule has 5 nitrogen and oxygen atoms in total. The molecular weight excluding hydrogens is 458 g/mol. The molecular formula is C29H22ClN3O2. The van der Waals surface area contributed by atoms with E-state index in [4.69, 9.17) is 26.3 Å². The average molecular weight is 480 g/mol. The topological polar surface area (TPSA) is 64.1 Å². The number of benzene rings is 4. The van der Waals surface area contributed by atoms with Gasteiger partial charge in [-0.1, -0.05) is 66.2 Å². The van der Waals surface area contributed by atoms with E-state index in [-0.39, 0.29) is 12.6 Å². The van der Waals surface area contributed by atoms with Crippen LogP contribution in [-0.4, -0.2) is 22.5 Å². The Morgan fingerprint density at radius 3 is 2.26 bits per heavy atom. The zero-order chi connectivity index (χ0) is 24.1. The predicted molar refractivity (Wildman–Crippen MR) is 141 cm³/mol. The molecule has 1 N–H and O–H groups in total. The molecule has 0 bridgehead atoms. The van der Waals surface area contributed by atoms with Gasteiger partial charge in [0, 0.05) is 33.0 Å². The summed E-state index contributed by atoms with van der Waals surface area (Å²) < 4.78 is 5.51. The fourth-order valence-corrected chi connectivity index (χ4v) is 5.32. The Bertz CT molecular complexity index is 1690. The van der Waals surface area contributed by atoms with Gasteiger partial charge in [-0.05, 0) is 37.6 Å². The Morgan fingerprint density at radius 1 is 0.914 bits per heavy atom. The number of hydrogen-bond donors (Lipinski definition) is 1. The number of aromatic nitrogens is 2. The second-order valence-electron chi connectivity index (χ2n) is 8.58. The van der Waals surface area contributed by atoms with Crippen molar-refractivity contribution >= 4 is 56.1 Å². The van der Waals surface area contributed by atoms with E-state index in [9.17, 15) is 4.79 Å². The van der Waals surface area contributed by atoms with Crippen molar-refractivity contribution in [2.45, 2.75) is 19.8 Å². The third kappa shape index (κ3) is 3.34. The minimum Gasteiger partial charge on any atom is -0.463 e. The number of nitrogens with zero attached hydrogens (tertiary/aromatic N) is 2. The van der Waals surface area contributed by atoms with Gasteiger partial charge >= 0.3 is 5.97 Å². The number of halogens is 1. The van der Waals surface area contributed by atoms with Crippen molar-refractivity contribution in [2.24, 2.45) is 0 Å². The van der Waals surface area contributed by atoms with Crippen LogP contribution in [0.15, 0.2) is 84.1 Å². The van der Waals surface area contributed by atoms with Crippen LogP contribution < -0.4 is 5.32 Å². The number of rotatable bonds is 3. The largest absolute Gasteiger partial charge is 0.463 e. The molecule has 1 atom stereocenters. The van der Waals surface area contributed by atoms with Crippen LogP contribution in [0.1, 0.15) is 30.9 Å². The highest BCUT2D eigenvalue weighted by Crippen LogP contribution is 2.49. The first kappa shape index (κ1) is 21.6.